The van der Waals surface area contributed by atoms with E-state index in [1.807, 2.05) is 19.0 Å². The van der Waals surface area contributed by atoms with Gasteiger partial charge in [-0.2, -0.15) is 0 Å². The highest BCUT2D eigenvalue weighted by Crippen LogP contribution is 2.43. The van der Waals surface area contributed by atoms with Crippen molar-refractivity contribution in [1.82, 2.24) is 4.90 Å². The van der Waals surface area contributed by atoms with E-state index in [9.17, 15) is 19.0 Å². The molecule has 0 aliphatic heterocycles. The molecule has 0 fully saturated rings. The molecule has 0 heterocycles. The van der Waals surface area contributed by atoms with E-state index in [-0.39, 0.29) is 25.6 Å². The Labute approximate surface area is 345 Å². The Morgan fingerprint density at radius 1 is 0.536 bits per heavy atom. The van der Waals surface area contributed by atoms with Gasteiger partial charge in [0, 0.05) is 19.4 Å². The fraction of sp³-hybridized carbons (Fsp3) is 0.913. The number of phosphoric ester groups is 1. The monoisotopic (exact) mass is 816 g/mol. The van der Waals surface area contributed by atoms with Crippen molar-refractivity contribution >= 4 is 19.8 Å². The minimum absolute atomic E-state index is 0.0108. The zero-order chi connectivity index (χ0) is 41.2. The van der Waals surface area contributed by atoms with E-state index in [1.54, 1.807) is 0 Å². The van der Waals surface area contributed by atoms with Gasteiger partial charge in [-0.3, -0.25) is 18.6 Å². The van der Waals surface area contributed by atoms with E-state index in [4.69, 9.17) is 18.5 Å². The van der Waals surface area contributed by atoms with Gasteiger partial charge in [-0.05, 0) is 52.6 Å². The first-order chi connectivity index (χ1) is 27.2. The molecule has 0 bridgehead atoms. The van der Waals surface area contributed by atoms with Crippen LogP contribution in [0.5, 0.6) is 0 Å². The number of allylic oxidation sites excluding steroid dienone is 2. The number of hydrogen-bond donors (Lipinski definition) is 1. The summed E-state index contributed by atoms with van der Waals surface area (Å²) in [7, 11) is -0.701. The van der Waals surface area contributed by atoms with Crippen molar-refractivity contribution < 1.29 is 37.6 Å². The molecule has 0 amide bonds. The lowest BCUT2D eigenvalue weighted by Crippen LogP contribution is -2.29. The molecule has 1 N–H and O–H groups in total. The normalized spacial score (nSPS) is 13.4. The summed E-state index contributed by atoms with van der Waals surface area (Å²) in [6.45, 7) is 4.35. The van der Waals surface area contributed by atoms with Crippen molar-refractivity contribution in [2.24, 2.45) is 0 Å². The van der Waals surface area contributed by atoms with Crippen molar-refractivity contribution in [3.63, 3.8) is 0 Å². The fourth-order valence-corrected chi connectivity index (χ4v) is 7.43. The number of likely N-dealkylation sites (N-methyl/N-ethyl adjacent to an activating group) is 1. The number of esters is 2. The number of unbranched alkanes of at least 4 members (excludes halogenated alkanes) is 28. The van der Waals surface area contributed by atoms with Crippen LogP contribution in [-0.4, -0.2) is 68.3 Å². The van der Waals surface area contributed by atoms with Crippen LogP contribution in [0.4, 0.5) is 0 Å². The molecule has 0 aliphatic carbocycles. The average molecular weight is 816 g/mol. The minimum Gasteiger partial charge on any atom is -0.462 e. The number of nitrogens with zero attached hydrogens (tertiary/aromatic N) is 1. The van der Waals surface area contributed by atoms with Gasteiger partial charge in [0.25, 0.3) is 0 Å². The molecular formula is C46H90NO8P. The molecule has 9 nitrogen and oxygen atoms in total. The SMILES string of the molecule is CCCCCCCC/C=C\CCCCCCCCCCCCCC(=O)OCC(COP(=O)(O)OCCN(C)C)OC(=O)CCCCCCCCCCCCCC. The van der Waals surface area contributed by atoms with E-state index in [0.29, 0.717) is 19.4 Å². The van der Waals surface area contributed by atoms with Gasteiger partial charge in [0.15, 0.2) is 6.10 Å². The lowest BCUT2D eigenvalue weighted by Gasteiger charge is -2.20. The number of hydrogen-bond acceptors (Lipinski definition) is 8. The first-order valence-corrected chi connectivity index (χ1v) is 25.0. The largest absolute Gasteiger partial charge is 0.472 e. The predicted octanol–water partition coefficient (Wildman–Crippen LogP) is 13.6. The molecule has 2 atom stereocenters. The number of carbonyl (C=O) groups is 2. The van der Waals surface area contributed by atoms with Gasteiger partial charge in [-0.25, -0.2) is 4.57 Å². The van der Waals surface area contributed by atoms with E-state index >= 15 is 0 Å². The molecular weight excluding hydrogens is 725 g/mol. The maximum atomic E-state index is 12.6. The molecule has 2 unspecified atom stereocenters. The summed E-state index contributed by atoms with van der Waals surface area (Å²) in [5.41, 5.74) is 0. The first-order valence-electron chi connectivity index (χ1n) is 23.5. The standard InChI is InChI=1S/C46H90NO8P/c1-5-7-9-11-13-15-17-19-20-21-22-23-24-25-26-27-29-30-32-34-36-38-45(48)52-42-44(43-54-56(50,51)53-41-40-47(3)4)55-46(49)39-37-35-33-31-28-18-16-14-12-10-8-6-2/h19-20,44H,5-18,21-43H2,1-4H3,(H,50,51)/b20-19-. The molecule has 10 heteroatoms. The topological polar surface area (TPSA) is 112 Å². The molecule has 332 valence electrons. The predicted molar refractivity (Wildman–Crippen MR) is 234 cm³/mol. The lowest BCUT2D eigenvalue weighted by atomic mass is 10.0. The maximum absolute atomic E-state index is 12.6. The second-order valence-electron chi connectivity index (χ2n) is 16.3. The van der Waals surface area contributed by atoms with E-state index in [0.717, 1.165) is 32.1 Å². The van der Waals surface area contributed by atoms with Crippen LogP contribution in [0, 0.1) is 0 Å². The van der Waals surface area contributed by atoms with Crippen LogP contribution in [0.3, 0.4) is 0 Å². The number of phosphoric acid groups is 1. The molecule has 0 saturated heterocycles. The van der Waals surface area contributed by atoms with Crippen molar-refractivity contribution in [3.8, 4) is 0 Å². The Bertz CT molecular complexity index is 946. The Hall–Kier alpha value is -1.25. The van der Waals surface area contributed by atoms with Gasteiger partial charge >= 0.3 is 19.8 Å². The molecule has 0 aromatic heterocycles. The van der Waals surface area contributed by atoms with Crippen molar-refractivity contribution in [2.75, 3.05) is 40.5 Å². The number of ether oxygens (including phenoxy) is 2. The van der Waals surface area contributed by atoms with Gasteiger partial charge in [-0.1, -0.05) is 187 Å². The van der Waals surface area contributed by atoms with Crippen LogP contribution in [0.1, 0.15) is 226 Å². The summed E-state index contributed by atoms with van der Waals surface area (Å²) in [6.07, 6.45) is 42.6. The van der Waals surface area contributed by atoms with E-state index in [1.165, 1.54) is 161 Å². The van der Waals surface area contributed by atoms with Gasteiger partial charge in [0.2, 0.25) is 0 Å². The highest BCUT2D eigenvalue weighted by molar-refractivity contribution is 7.47. The Balaban J connectivity index is 4.14. The summed E-state index contributed by atoms with van der Waals surface area (Å²) in [5, 5.41) is 0. The number of carbonyl (C=O) groups excluding carboxylic acids is 2. The second kappa shape index (κ2) is 41.9. The third kappa shape index (κ3) is 42.4. The van der Waals surface area contributed by atoms with Crippen molar-refractivity contribution in [1.29, 1.82) is 0 Å². The maximum Gasteiger partial charge on any atom is 0.472 e. The summed E-state index contributed by atoms with van der Waals surface area (Å²) in [4.78, 5) is 37.0. The molecule has 56 heavy (non-hydrogen) atoms. The molecule has 0 aromatic carbocycles. The minimum atomic E-state index is -4.36. The smallest absolute Gasteiger partial charge is 0.462 e. The molecule has 0 radical (unpaired) electrons. The van der Waals surface area contributed by atoms with Crippen LogP contribution in [0.2, 0.25) is 0 Å². The number of rotatable bonds is 44. The molecule has 0 rings (SSSR count). The van der Waals surface area contributed by atoms with E-state index < -0.39 is 26.5 Å². The van der Waals surface area contributed by atoms with Crippen LogP contribution in [0.25, 0.3) is 0 Å². The molecule has 0 aromatic rings. The lowest BCUT2D eigenvalue weighted by molar-refractivity contribution is -0.161. The van der Waals surface area contributed by atoms with Crippen molar-refractivity contribution in [3.05, 3.63) is 12.2 Å². The van der Waals surface area contributed by atoms with Gasteiger partial charge in [0.1, 0.15) is 6.61 Å². The van der Waals surface area contributed by atoms with Crippen LogP contribution >= 0.6 is 7.82 Å². The average Bonchev–Trinajstić information content (AvgIpc) is 3.16. The highest BCUT2D eigenvalue weighted by Gasteiger charge is 2.26. The van der Waals surface area contributed by atoms with E-state index in [2.05, 4.69) is 26.0 Å². The molecule has 0 spiro atoms. The van der Waals surface area contributed by atoms with Gasteiger partial charge in [0.05, 0.1) is 13.2 Å². The fourth-order valence-electron chi connectivity index (χ4n) is 6.68. The summed E-state index contributed by atoms with van der Waals surface area (Å²) in [5.74, 6) is -0.792. The van der Waals surface area contributed by atoms with Crippen LogP contribution < -0.4 is 0 Å². The Morgan fingerprint density at radius 3 is 1.32 bits per heavy atom. The van der Waals surface area contributed by atoms with Gasteiger partial charge in [-0.15, -0.1) is 0 Å². The van der Waals surface area contributed by atoms with Crippen LogP contribution in [-0.2, 0) is 32.7 Å². The molecule has 0 aliphatic rings. The Kier molecular flexibility index (Phi) is 41.0. The molecule has 0 saturated carbocycles. The first kappa shape index (κ1) is 54.8. The van der Waals surface area contributed by atoms with Crippen molar-refractivity contribution in [2.45, 2.75) is 232 Å². The Morgan fingerprint density at radius 2 is 0.911 bits per heavy atom. The highest BCUT2D eigenvalue weighted by atomic mass is 31.2. The van der Waals surface area contributed by atoms with Gasteiger partial charge < -0.3 is 19.3 Å². The second-order valence-corrected chi connectivity index (χ2v) is 17.7. The zero-order valence-electron chi connectivity index (χ0n) is 37.1. The third-order valence-electron chi connectivity index (χ3n) is 10.3. The zero-order valence-corrected chi connectivity index (χ0v) is 38.0. The van der Waals surface area contributed by atoms with Crippen LogP contribution in [0.15, 0.2) is 12.2 Å². The summed E-state index contributed by atoms with van der Waals surface area (Å²) >= 11 is 0. The summed E-state index contributed by atoms with van der Waals surface area (Å²) < 4.78 is 33.5. The third-order valence-corrected chi connectivity index (χ3v) is 11.3. The quantitative estimate of drug-likeness (QED) is 0.0278. The summed E-state index contributed by atoms with van der Waals surface area (Å²) in [6, 6.07) is 0.